The first-order valence-corrected chi connectivity index (χ1v) is 12.3. The molecule has 1 N–H and O–H groups in total. The van der Waals surface area contributed by atoms with Gasteiger partial charge in [-0.2, -0.15) is 0 Å². The zero-order valence-electron chi connectivity index (χ0n) is 18.1. The molecule has 1 fully saturated rings. The molecule has 170 valence electrons. The molecule has 2 aromatic carbocycles. The molecule has 8 heteroatoms. The van der Waals surface area contributed by atoms with Gasteiger partial charge in [0.1, 0.15) is 11.0 Å². The van der Waals surface area contributed by atoms with E-state index in [1.165, 1.54) is 23.5 Å². The van der Waals surface area contributed by atoms with Gasteiger partial charge in [-0.25, -0.2) is 9.37 Å². The van der Waals surface area contributed by atoms with Gasteiger partial charge >= 0.3 is 0 Å². The average Bonchev–Trinajstić information content (AvgIpc) is 3.30. The zero-order chi connectivity index (χ0) is 22.8. The first-order valence-electron chi connectivity index (χ1n) is 11.1. The van der Waals surface area contributed by atoms with Gasteiger partial charge in [-0.15, -0.1) is 11.3 Å². The number of fused-ring (bicyclic) bond motifs is 3. The molecule has 2 aromatic heterocycles. The van der Waals surface area contributed by atoms with Crippen LogP contribution in [0.25, 0.3) is 21.0 Å². The molecule has 4 aromatic rings. The number of carbonyl (C=O) groups is 1. The highest BCUT2D eigenvalue weighted by molar-refractivity contribution is 7.21. The Kier molecular flexibility index (Phi) is 6.44. The van der Waals surface area contributed by atoms with E-state index in [4.69, 9.17) is 11.6 Å². The summed E-state index contributed by atoms with van der Waals surface area (Å²) in [6, 6.07) is 16.4. The Labute approximate surface area is 200 Å². The Bertz CT molecular complexity index is 1290. The van der Waals surface area contributed by atoms with Crippen LogP contribution in [0.4, 0.5) is 10.1 Å². The smallest absolute Gasteiger partial charge is 0.261 e. The summed E-state index contributed by atoms with van der Waals surface area (Å²) in [5.74, 6) is -0.277. The summed E-state index contributed by atoms with van der Waals surface area (Å²) >= 11 is 7.82. The van der Waals surface area contributed by atoms with Crippen molar-refractivity contribution in [2.24, 2.45) is 0 Å². The molecule has 5 rings (SSSR count). The zero-order valence-corrected chi connectivity index (χ0v) is 19.6. The van der Waals surface area contributed by atoms with Crippen LogP contribution in [0.1, 0.15) is 16.1 Å². The van der Waals surface area contributed by atoms with Crippen molar-refractivity contribution in [2.75, 3.05) is 44.2 Å². The third-order valence-electron chi connectivity index (χ3n) is 6.05. The van der Waals surface area contributed by atoms with Crippen molar-refractivity contribution in [1.29, 1.82) is 0 Å². The van der Waals surface area contributed by atoms with Crippen molar-refractivity contribution >= 4 is 55.5 Å². The van der Waals surface area contributed by atoms with Crippen LogP contribution in [0.2, 0.25) is 5.15 Å². The summed E-state index contributed by atoms with van der Waals surface area (Å²) in [6.45, 7) is 5.31. The van der Waals surface area contributed by atoms with Crippen LogP contribution in [0.3, 0.4) is 0 Å². The first-order chi connectivity index (χ1) is 16.1. The van der Waals surface area contributed by atoms with Gasteiger partial charge in [-0.1, -0.05) is 29.8 Å². The van der Waals surface area contributed by atoms with Gasteiger partial charge in [-0.05, 0) is 49.4 Å². The minimum absolute atomic E-state index is 0.0718. The minimum Gasteiger partial charge on any atom is -0.369 e. The molecule has 1 saturated heterocycles. The van der Waals surface area contributed by atoms with Crippen LogP contribution in [0.5, 0.6) is 0 Å². The molecule has 33 heavy (non-hydrogen) atoms. The lowest BCUT2D eigenvalue weighted by molar-refractivity contribution is 0.0955. The number of halogens is 2. The fraction of sp³-hybridized carbons (Fsp3) is 0.280. The number of thiophene rings is 1. The number of para-hydroxylation sites is 1. The van der Waals surface area contributed by atoms with Gasteiger partial charge in [0.2, 0.25) is 0 Å². The summed E-state index contributed by atoms with van der Waals surface area (Å²) in [6.07, 6.45) is 0.887. The Balaban J connectivity index is 1.12. The summed E-state index contributed by atoms with van der Waals surface area (Å²) < 4.78 is 14.1. The molecular weight excluding hydrogens is 459 g/mol. The third-order valence-corrected chi connectivity index (χ3v) is 7.50. The fourth-order valence-electron chi connectivity index (χ4n) is 4.26. The predicted octanol–water partition coefficient (Wildman–Crippen LogP) is 5.18. The number of aromatic nitrogens is 1. The Hall–Kier alpha value is -2.74. The number of piperazine rings is 1. The Morgan fingerprint density at radius 3 is 2.61 bits per heavy atom. The van der Waals surface area contributed by atoms with E-state index in [1.807, 2.05) is 42.5 Å². The van der Waals surface area contributed by atoms with E-state index in [9.17, 15) is 9.18 Å². The van der Waals surface area contributed by atoms with Crippen molar-refractivity contribution < 1.29 is 9.18 Å². The molecule has 0 unspecified atom stereocenters. The molecule has 0 aliphatic carbocycles. The molecule has 1 aliphatic heterocycles. The molecule has 1 aliphatic rings. The standard InChI is InChI=1S/C25H24ClFN4OS/c26-24-20-16-22(33-23(20)19-4-1-2-5-21(19)29-24)25(32)28-10-3-11-30-12-14-31(15-13-30)18-8-6-17(27)7-9-18/h1-2,4-9,16H,3,10-15H2,(H,28,32). The maximum atomic E-state index is 13.1. The number of benzene rings is 2. The number of nitrogens with zero attached hydrogens (tertiary/aromatic N) is 3. The fourth-order valence-corrected chi connectivity index (χ4v) is 5.66. The number of pyridine rings is 1. The van der Waals surface area contributed by atoms with Gasteiger partial charge in [0.25, 0.3) is 5.91 Å². The number of hydrogen-bond acceptors (Lipinski definition) is 5. The lowest BCUT2D eigenvalue weighted by atomic mass is 10.2. The second-order valence-corrected chi connectivity index (χ2v) is 9.60. The minimum atomic E-state index is -0.205. The Morgan fingerprint density at radius 2 is 1.82 bits per heavy atom. The number of rotatable bonds is 6. The van der Waals surface area contributed by atoms with Crippen molar-refractivity contribution in [3.05, 3.63) is 70.4 Å². The van der Waals surface area contributed by atoms with Crippen LogP contribution in [-0.2, 0) is 0 Å². The van der Waals surface area contributed by atoms with Crippen LogP contribution in [0, 0.1) is 5.82 Å². The summed E-state index contributed by atoms with van der Waals surface area (Å²) in [7, 11) is 0. The monoisotopic (exact) mass is 482 g/mol. The molecule has 0 spiro atoms. The van der Waals surface area contributed by atoms with Crippen molar-refractivity contribution in [3.8, 4) is 0 Å². The van der Waals surface area contributed by atoms with E-state index in [0.29, 0.717) is 16.6 Å². The van der Waals surface area contributed by atoms with Crippen LogP contribution < -0.4 is 10.2 Å². The Morgan fingerprint density at radius 1 is 1.06 bits per heavy atom. The second-order valence-electron chi connectivity index (χ2n) is 8.19. The highest BCUT2D eigenvalue weighted by Gasteiger charge is 2.18. The van der Waals surface area contributed by atoms with Gasteiger partial charge < -0.3 is 10.2 Å². The number of amides is 1. The van der Waals surface area contributed by atoms with E-state index >= 15 is 0 Å². The molecule has 0 atom stereocenters. The highest BCUT2D eigenvalue weighted by atomic mass is 35.5. The van der Waals surface area contributed by atoms with Gasteiger partial charge in [0.05, 0.1) is 10.4 Å². The average molecular weight is 483 g/mol. The number of carbonyl (C=O) groups excluding carboxylic acids is 1. The van der Waals surface area contributed by atoms with E-state index in [2.05, 4.69) is 20.1 Å². The summed E-state index contributed by atoms with van der Waals surface area (Å²) in [4.78, 5) is 22.5. The van der Waals surface area contributed by atoms with Gasteiger partial charge in [0.15, 0.2) is 0 Å². The molecule has 0 bridgehead atoms. The van der Waals surface area contributed by atoms with Gasteiger partial charge in [0, 0.05) is 53.9 Å². The SMILES string of the molecule is O=C(NCCCN1CCN(c2ccc(F)cc2)CC1)c1cc2c(Cl)nc3ccccc3c2s1. The molecule has 1 amide bonds. The van der Waals surface area contributed by atoms with Crippen LogP contribution in [0.15, 0.2) is 54.6 Å². The maximum Gasteiger partial charge on any atom is 0.261 e. The molecule has 5 nitrogen and oxygen atoms in total. The van der Waals surface area contributed by atoms with E-state index < -0.39 is 0 Å². The molecule has 0 saturated carbocycles. The number of nitrogens with one attached hydrogen (secondary N) is 1. The normalized spacial score (nSPS) is 14.8. The summed E-state index contributed by atoms with van der Waals surface area (Å²) in [5.41, 5.74) is 1.90. The van der Waals surface area contributed by atoms with E-state index in [-0.39, 0.29) is 11.7 Å². The third kappa shape index (κ3) is 4.81. The van der Waals surface area contributed by atoms with Crippen LogP contribution >= 0.6 is 22.9 Å². The molecule has 3 heterocycles. The largest absolute Gasteiger partial charge is 0.369 e. The number of anilines is 1. The van der Waals surface area contributed by atoms with Crippen molar-refractivity contribution in [1.82, 2.24) is 15.2 Å². The summed E-state index contributed by atoms with van der Waals surface area (Å²) in [5, 5.41) is 5.31. The van der Waals surface area contributed by atoms with Crippen molar-refractivity contribution in [3.63, 3.8) is 0 Å². The van der Waals surface area contributed by atoms with Gasteiger partial charge in [-0.3, -0.25) is 9.69 Å². The predicted molar refractivity (Wildman–Crippen MR) is 134 cm³/mol. The highest BCUT2D eigenvalue weighted by Crippen LogP contribution is 2.35. The second kappa shape index (κ2) is 9.63. The topological polar surface area (TPSA) is 48.5 Å². The molecular formula is C25H24ClFN4OS. The molecule has 0 radical (unpaired) electrons. The van der Waals surface area contributed by atoms with Crippen LogP contribution in [-0.4, -0.2) is 55.1 Å². The maximum absolute atomic E-state index is 13.1. The number of hydrogen-bond donors (Lipinski definition) is 1. The van der Waals surface area contributed by atoms with E-state index in [1.54, 1.807) is 0 Å². The lowest BCUT2D eigenvalue weighted by Crippen LogP contribution is -2.47. The van der Waals surface area contributed by atoms with E-state index in [0.717, 1.165) is 65.8 Å². The quantitative estimate of drug-likeness (QED) is 0.304. The lowest BCUT2D eigenvalue weighted by Gasteiger charge is -2.36. The first kappa shape index (κ1) is 22.1. The van der Waals surface area contributed by atoms with Crippen molar-refractivity contribution in [2.45, 2.75) is 6.42 Å².